The maximum Gasteiger partial charge on any atom is 0.245 e. The molecule has 1 heterocycles. The van der Waals surface area contributed by atoms with Crippen molar-refractivity contribution in [1.29, 1.82) is 0 Å². The first kappa shape index (κ1) is 24.4. The second-order valence-corrected chi connectivity index (χ2v) is 8.27. The normalized spacial score (nSPS) is 16.4. The Hall–Kier alpha value is -3.23. The molecule has 3 atom stereocenters. The Balaban J connectivity index is 1.47. The van der Waals surface area contributed by atoms with E-state index in [4.69, 9.17) is 10.5 Å². The summed E-state index contributed by atoms with van der Waals surface area (Å²) in [5.41, 5.74) is 9.21. The minimum Gasteiger partial charge on any atom is -0.378 e. The van der Waals surface area contributed by atoms with Gasteiger partial charge >= 0.3 is 0 Å². The summed E-state index contributed by atoms with van der Waals surface area (Å²) in [6.07, 6.45) is 0.348. The van der Waals surface area contributed by atoms with Crippen molar-refractivity contribution in [2.75, 3.05) is 26.3 Å². The standard InChI is InChI=1S/C25H32N4O4/c1-17(23(30)28-18(2)25(32)29-12-14-33-15-13-29)27-24(31)22(26)16-19-8-10-21(11-9-19)20-6-4-3-5-7-20/h3-11,17-18,22H,12-16,26H2,1-2H3,(H,27,31)(H,28,30). The molecule has 176 valence electrons. The first-order valence-corrected chi connectivity index (χ1v) is 11.2. The molecule has 1 aliphatic heterocycles. The summed E-state index contributed by atoms with van der Waals surface area (Å²) in [6, 6.07) is 15.6. The lowest BCUT2D eigenvalue weighted by Crippen LogP contribution is -2.55. The van der Waals surface area contributed by atoms with Crippen molar-refractivity contribution in [2.45, 2.75) is 38.4 Å². The largest absolute Gasteiger partial charge is 0.378 e. The van der Waals surface area contributed by atoms with Crippen molar-refractivity contribution >= 4 is 17.7 Å². The summed E-state index contributed by atoms with van der Waals surface area (Å²) in [4.78, 5) is 39.1. The summed E-state index contributed by atoms with van der Waals surface area (Å²) in [5.74, 6) is -1.02. The van der Waals surface area contributed by atoms with Gasteiger partial charge in [0.1, 0.15) is 12.1 Å². The first-order valence-electron chi connectivity index (χ1n) is 11.2. The lowest BCUT2D eigenvalue weighted by atomic mass is 10.0. The van der Waals surface area contributed by atoms with Gasteiger partial charge in [0.05, 0.1) is 19.3 Å². The van der Waals surface area contributed by atoms with Gasteiger partial charge in [0.25, 0.3) is 0 Å². The van der Waals surface area contributed by atoms with Crippen LogP contribution >= 0.6 is 0 Å². The average Bonchev–Trinajstić information content (AvgIpc) is 2.84. The van der Waals surface area contributed by atoms with Crippen LogP contribution in [-0.2, 0) is 25.5 Å². The number of hydrogen-bond acceptors (Lipinski definition) is 5. The van der Waals surface area contributed by atoms with Crippen LogP contribution in [0.5, 0.6) is 0 Å². The second-order valence-electron chi connectivity index (χ2n) is 8.27. The highest BCUT2D eigenvalue weighted by Crippen LogP contribution is 2.19. The third-order valence-electron chi connectivity index (χ3n) is 5.66. The minimum absolute atomic E-state index is 0.166. The molecule has 3 unspecified atom stereocenters. The molecule has 0 saturated carbocycles. The Bertz CT molecular complexity index is 943. The van der Waals surface area contributed by atoms with Crippen LogP contribution in [0.25, 0.3) is 11.1 Å². The molecule has 3 amide bonds. The molecule has 1 saturated heterocycles. The topological polar surface area (TPSA) is 114 Å². The molecule has 3 rings (SSSR count). The molecule has 0 spiro atoms. The van der Waals surface area contributed by atoms with Gasteiger partial charge in [-0.15, -0.1) is 0 Å². The van der Waals surface area contributed by atoms with E-state index < -0.39 is 29.9 Å². The number of morpholine rings is 1. The maximum absolute atomic E-state index is 12.5. The van der Waals surface area contributed by atoms with Gasteiger partial charge in [-0.05, 0) is 37.0 Å². The Labute approximate surface area is 194 Å². The van der Waals surface area contributed by atoms with E-state index in [1.54, 1.807) is 18.7 Å². The van der Waals surface area contributed by atoms with E-state index in [1.807, 2.05) is 54.6 Å². The Morgan fingerprint density at radius 2 is 1.45 bits per heavy atom. The predicted molar refractivity (Wildman–Crippen MR) is 126 cm³/mol. The summed E-state index contributed by atoms with van der Waals surface area (Å²) < 4.78 is 5.24. The van der Waals surface area contributed by atoms with Crippen LogP contribution in [-0.4, -0.2) is 67.1 Å². The van der Waals surface area contributed by atoms with Crippen LogP contribution in [0, 0.1) is 0 Å². The lowest BCUT2D eigenvalue weighted by molar-refractivity contribution is -0.139. The van der Waals surface area contributed by atoms with Gasteiger partial charge in [-0.2, -0.15) is 0 Å². The molecule has 33 heavy (non-hydrogen) atoms. The minimum atomic E-state index is -0.816. The number of rotatable bonds is 8. The van der Waals surface area contributed by atoms with Gasteiger partial charge in [-0.1, -0.05) is 54.6 Å². The fraction of sp³-hybridized carbons (Fsp3) is 0.400. The van der Waals surface area contributed by atoms with Gasteiger partial charge in [0.2, 0.25) is 17.7 Å². The van der Waals surface area contributed by atoms with E-state index in [-0.39, 0.29) is 5.91 Å². The molecule has 2 aromatic rings. The van der Waals surface area contributed by atoms with E-state index in [0.29, 0.717) is 32.7 Å². The lowest BCUT2D eigenvalue weighted by Gasteiger charge is -2.30. The highest BCUT2D eigenvalue weighted by Gasteiger charge is 2.26. The SMILES string of the molecule is CC(NC(=O)C(N)Cc1ccc(-c2ccccc2)cc1)C(=O)NC(C)C(=O)N1CCOCC1. The van der Waals surface area contributed by atoms with E-state index in [2.05, 4.69) is 10.6 Å². The van der Waals surface area contributed by atoms with Crippen LogP contribution in [0.3, 0.4) is 0 Å². The molecule has 0 bridgehead atoms. The van der Waals surface area contributed by atoms with E-state index in [0.717, 1.165) is 16.7 Å². The van der Waals surface area contributed by atoms with Crippen LogP contribution in [0.1, 0.15) is 19.4 Å². The van der Waals surface area contributed by atoms with Crippen LogP contribution < -0.4 is 16.4 Å². The number of carbonyl (C=O) groups excluding carboxylic acids is 3. The fourth-order valence-electron chi connectivity index (χ4n) is 3.65. The van der Waals surface area contributed by atoms with E-state index >= 15 is 0 Å². The van der Waals surface area contributed by atoms with Gasteiger partial charge in [-0.25, -0.2) is 0 Å². The average molecular weight is 453 g/mol. The number of benzene rings is 2. The van der Waals surface area contributed by atoms with Gasteiger partial charge < -0.3 is 26.0 Å². The molecule has 8 heteroatoms. The van der Waals surface area contributed by atoms with E-state index in [9.17, 15) is 14.4 Å². The molecule has 2 aromatic carbocycles. The van der Waals surface area contributed by atoms with Crippen molar-refractivity contribution in [2.24, 2.45) is 5.73 Å². The van der Waals surface area contributed by atoms with E-state index in [1.165, 1.54) is 0 Å². The summed E-state index contributed by atoms with van der Waals surface area (Å²) in [7, 11) is 0. The number of nitrogens with two attached hydrogens (primary N) is 1. The van der Waals surface area contributed by atoms with Gasteiger partial charge in [0, 0.05) is 13.1 Å². The smallest absolute Gasteiger partial charge is 0.245 e. The predicted octanol–water partition coefficient (Wildman–Crippen LogP) is 1.09. The summed E-state index contributed by atoms with van der Waals surface area (Å²) in [5, 5.41) is 5.31. The van der Waals surface area contributed by atoms with Crippen molar-refractivity contribution in [3.63, 3.8) is 0 Å². The summed E-state index contributed by atoms with van der Waals surface area (Å²) in [6.45, 7) is 5.20. The van der Waals surface area contributed by atoms with Gasteiger partial charge in [-0.3, -0.25) is 14.4 Å². The van der Waals surface area contributed by atoms with Crippen molar-refractivity contribution < 1.29 is 19.1 Å². The first-order chi connectivity index (χ1) is 15.8. The van der Waals surface area contributed by atoms with Crippen LogP contribution in [0.4, 0.5) is 0 Å². The van der Waals surface area contributed by atoms with Crippen molar-refractivity contribution in [1.82, 2.24) is 15.5 Å². The molecule has 1 fully saturated rings. The van der Waals surface area contributed by atoms with Crippen molar-refractivity contribution in [3.8, 4) is 11.1 Å². The maximum atomic E-state index is 12.5. The molecule has 1 aliphatic rings. The quantitative estimate of drug-likeness (QED) is 0.555. The zero-order chi connectivity index (χ0) is 23.8. The Morgan fingerprint density at radius 3 is 2.09 bits per heavy atom. The zero-order valence-electron chi connectivity index (χ0n) is 19.1. The molecule has 0 aliphatic carbocycles. The Morgan fingerprint density at radius 1 is 0.879 bits per heavy atom. The number of ether oxygens (including phenoxy) is 1. The number of carbonyl (C=O) groups is 3. The zero-order valence-corrected chi connectivity index (χ0v) is 19.1. The fourth-order valence-corrected chi connectivity index (χ4v) is 3.65. The molecular weight excluding hydrogens is 420 g/mol. The molecule has 0 aromatic heterocycles. The second kappa shape index (κ2) is 11.6. The summed E-state index contributed by atoms with van der Waals surface area (Å²) >= 11 is 0. The number of amides is 3. The number of hydrogen-bond donors (Lipinski definition) is 3. The van der Waals surface area contributed by atoms with Crippen LogP contribution in [0.15, 0.2) is 54.6 Å². The molecule has 4 N–H and O–H groups in total. The molecule has 8 nitrogen and oxygen atoms in total. The van der Waals surface area contributed by atoms with Gasteiger partial charge in [0.15, 0.2) is 0 Å². The number of nitrogens with zero attached hydrogens (tertiary/aromatic N) is 1. The number of nitrogens with one attached hydrogen (secondary N) is 2. The highest BCUT2D eigenvalue weighted by atomic mass is 16.5. The van der Waals surface area contributed by atoms with Crippen LogP contribution in [0.2, 0.25) is 0 Å². The monoisotopic (exact) mass is 452 g/mol. The third-order valence-corrected chi connectivity index (χ3v) is 5.66. The molecule has 0 radical (unpaired) electrons. The third kappa shape index (κ3) is 6.87. The van der Waals surface area contributed by atoms with Crippen molar-refractivity contribution in [3.05, 3.63) is 60.2 Å². The highest BCUT2D eigenvalue weighted by molar-refractivity contribution is 5.92. The molecular formula is C25H32N4O4. The Kier molecular flexibility index (Phi) is 8.57.